The summed E-state index contributed by atoms with van der Waals surface area (Å²) in [4.78, 5) is 4.41. The maximum Gasteiger partial charge on any atom is 0.0950 e. The minimum absolute atomic E-state index is 0.299. The van der Waals surface area contributed by atoms with Crippen LogP contribution >= 0.6 is 0 Å². The van der Waals surface area contributed by atoms with E-state index in [4.69, 9.17) is 0 Å². The molecule has 0 bridgehead atoms. The lowest BCUT2D eigenvalue weighted by atomic mass is 9.78. The highest BCUT2D eigenvalue weighted by Gasteiger charge is 2.32. The molecular formula is C15H27N3. The Hall–Kier alpha value is -0.830. The van der Waals surface area contributed by atoms with Crippen LogP contribution in [0.2, 0.25) is 0 Å². The Labute approximate surface area is 111 Å². The molecule has 0 spiro atoms. The summed E-state index contributed by atoms with van der Waals surface area (Å²) in [5.41, 5.74) is 1.73. The molecule has 1 aliphatic heterocycles. The van der Waals surface area contributed by atoms with E-state index in [9.17, 15) is 0 Å². The Balaban J connectivity index is 2.21. The maximum absolute atomic E-state index is 4.41. The molecule has 1 atom stereocenters. The third-order valence-electron chi connectivity index (χ3n) is 4.28. The molecule has 0 amide bonds. The van der Waals surface area contributed by atoms with Crippen LogP contribution in [0, 0.1) is 5.92 Å². The van der Waals surface area contributed by atoms with Crippen molar-refractivity contribution in [3.8, 4) is 0 Å². The molecule has 3 nitrogen and oxygen atoms in total. The van der Waals surface area contributed by atoms with Crippen molar-refractivity contribution in [2.24, 2.45) is 5.92 Å². The van der Waals surface area contributed by atoms with Crippen LogP contribution in [0.3, 0.4) is 0 Å². The zero-order valence-corrected chi connectivity index (χ0v) is 12.2. The first-order valence-electron chi connectivity index (χ1n) is 7.26. The number of hydrogen-bond donors (Lipinski definition) is 1. The molecule has 2 rings (SSSR count). The molecule has 1 aromatic heterocycles. The summed E-state index contributed by atoms with van der Waals surface area (Å²) in [6, 6.07) is 0.550. The van der Waals surface area contributed by atoms with E-state index in [1.165, 1.54) is 25.0 Å². The monoisotopic (exact) mass is 249 g/mol. The molecule has 0 radical (unpaired) electrons. The Morgan fingerprint density at radius 2 is 2.00 bits per heavy atom. The molecule has 0 saturated carbocycles. The smallest absolute Gasteiger partial charge is 0.0950 e. The largest absolute Gasteiger partial charge is 0.331 e. The van der Waals surface area contributed by atoms with E-state index in [1.54, 1.807) is 0 Å². The Kier molecular flexibility index (Phi) is 4.10. The fraction of sp³-hybridized carbons (Fsp3) is 0.800. The van der Waals surface area contributed by atoms with Crippen molar-refractivity contribution >= 4 is 0 Å². The molecule has 1 unspecified atom stereocenters. The minimum atomic E-state index is 0.299. The molecule has 1 fully saturated rings. The third-order valence-corrected chi connectivity index (χ3v) is 4.28. The van der Waals surface area contributed by atoms with Gasteiger partial charge in [0.25, 0.3) is 0 Å². The standard InChI is InChI=1S/C15H27N3/c1-12(2)9-13(3)18-11-17-10-14(18)15(4)5-7-16-8-6-15/h10-13,16H,5-9H2,1-4H3. The van der Waals surface area contributed by atoms with E-state index in [2.05, 4.69) is 48.8 Å². The van der Waals surface area contributed by atoms with Gasteiger partial charge in [0.05, 0.1) is 6.33 Å². The third kappa shape index (κ3) is 2.77. The molecule has 1 aliphatic rings. The van der Waals surface area contributed by atoms with Crippen molar-refractivity contribution in [2.75, 3.05) is 13.1 Å². The zero-order valence-electron chi connectivity index (χ0n) is 12.2. The first-order valence-corrected chi connectivity index (χ1v) is 7.26. The van der Waals surface area contributed by atoms with E-state index >= 15 is 0 Å². The molecule has 102 valence electrons. The summed E-state index contributed by atoms with van der Waals surface area (Å²) in [7, 11) is 0. The molecule has 1 saturated heterocycles. The minimum Gasteiger partial charge on any atom is -0.331 e. The van der Waals surface area contributed by atoms with Crippen LogP contribution in [0.5, 0.6) is 0 Å². The van der Waals surface area contributed by atoms with Gasteiger partial charge in [0.2, 0.25) is 0 Å². The topological polar surface area (TPSA) is 29.9 Å². The summed E-state index contributed by atoms with van der Waals surface area (Å²) in [5.74, 6) is 0.732. The predicted octanol–water partition coefficient (Wildman–Crippen LogP) is 3.13. The average molecular weight is 249 g/mol. The number of nitrogens with one attached hydrogen (secondary N) is 1. The van der Waals surface area contributed by atoms with E-state index in [-0.39, 0.29) is 0 Å². The number of piperidine rings is 1. The van der Waals surface area contributed by atoms with E-state index in [0.29, 0.717) is 11.5 Å². The first kappa shape index (κ1) is 13.6. The predicted molar refractivity (Wildman–Crippen MR) is 75.8 cm³/mol. The molecule has 3 heteroatoms. The number of nitrogens with zero attached hydrogens (tertiary/aromatic N) is 2. The quantitative estimate of drug-likeness (QED) is 0.888. The van der Waals surface area contributed by atoms with Gasteiger partial charge in [-0.2, -0.15) is 0 Å². The van der Waals surface area contributed by atoms with Gasteiger partial charge in [-0.1, -0.05) is 20.8 Å². The van der Waals surface area contributed by atoms with Gasteiger partial charge in [0, 0.05) is 23.3 Å². The van der Waals surface area contributed by atoms with Crippen molar-refractivity contribution in [3.05, 3.63) is 18.2 Å². The van der Waals surface area contributed by atoms with Gasteiger partial charge in [-0.25, -0.2) is 4.98 Å². The number of imidazole rings is 1. The van der Waals surface area contributed by atoms with Crippen LogP contribution < -0.4 is 5.32 Å². The molecule has 1 aromatic rings. The highest BCUT2D eigenvalue weighted by atomic mass is 15.1. The highest BCUT2D eigenvalue weighted by molar-refractivity contribution is 5.16. The van der Waals surface area contributed by atoms with Gasteiger partial charge in [-0.3, -0.25) is 0 Å². The molecule has 1 N–H and O–H groups in total. The van der Waals surface area contributed by atoms with Crippen molar-refractivity contribution in [1.82, 2.24) is 14.9 Å². The van der Waals surface area contributed by atoms with Crippen LogP contribution in [0.1, 0.15) is 58.7 Å². The van der Waals surface area contributed by atoms with E-state index in [0.717, 1.165) is 19.0 Å². The molecule has 0 aliphatic carbocycles. The Bertz CT molecular complexity index is 375. The van der Waals surface area contributed by atoms with Crippen LogP contribution in [-0.4, -0.2) is 22.6 Å². The Morgan fingerprint density at radius 1 is 1.33 bits per heavy atom. The lowest BCUT2D eigenvalue weighted by molar-refractivity contribution is 0.302. The highest BCUT2D eigenvalue weighted by Crippen LogP contribution is 2.34. The fourth-order valence-electron chi connectivity index (χ4n) is 3.15. The second kappa shape index (κ2) is 5.43. The first-order chi connectivity index (χ1) is 8.53. The lowest BCUT2D eigenvalue weighted by Crippen LogP contribution is -2.39. The molecule has 0 aromatic carbocycles. The van der Waals surface area contributed by atoms with Gasteiger partial charge in [0.1, 0.15) is 0 Å². The summed E-state index contributed by atoms with van der Waals surface area (Å²) in [6.07, 6.45) is 7.76. The summed E-state index contributed by atoms with van der Waals surface area (Å²) in [6.45, 7) is 11.5. The van der Waals surface area contributed by atoms with Crippen molar-refractivity contribution < 1.29 is 0 Å². The maximum atomic E-state index is 4.41. The van der Waals surface area contributed by atoms with Gasteiger partial charge < -0.3 is 9.88 Å². The fourth-order valence-corrected chi connectivity index (χ4v) is 3.15. The van der Waals surface area contributed by atoms with Crippen molar-refractivity contribution in [1.29, 1.82) is 0 Å². The van der Waals surface area contributed by atoms with Crippen LogP contribution in [0.4, 0.5) is 0 Å². The molecule has 2 heterocycles. The lowest BCUT2D eigenvalue weighted by Gasteiger charge is -2.36. The van der Waals surface area contributed by atoms with Crippen LogP contribution in [-0.2, 0) is 5.41 Å². The van der Waals surface area contributed by atoms with Crippen LogP contribution in [0.15, 0.2) is 12.5 Å². The average Bonchev–Trinajstić information content (AvgIpc) is 2.78. The van der Waals surface area contributed by atoms with Crippen molar-refractivity contribution in [2.45, 2.75) is 58.4 Å². The second-order valence-electron chi connectivity index (χ2n) is 6.48. The summed E-state index contributed by atoms with van der Waals surface area (Å²) >= 11 is 0. The van der Waals surface area contributed by atoms with Crippen molar-refractivity contribution in [3.63, 3.8) is 0 Å². The van der Waals surface area contributed by atoms with Gasteiger partial charge in [-0.05, 0) is 45.2 Å². The number of aromatic nitrogens is 2. The zero-order chi connectivity index (χ0) is 13.2. The molecule has 18 heavy (non-hydrogen) atoms. The normalized spacial score (nSPS) is 21.2. The van der Waals surface area contributed by atoms with E-state index < -0.39 is 0 Å². The van der Waals surface area contributed by atoms with Gasteiger partial charge >= 0.3 is 0 Å². The van der Waals surface area contributed by atoms with Gasteiger partial charge in [0.15, 0.2) is 0 Å². The van der Waals surface area contributed by atoms with Gasteiger partial charge in [-0.15, -0.1) is 0 Å². The summed E-state index contributed by atoms with van der Waals surface area (Å²) < 4.78 is 2.41. The number of rotatable bonds is 4. The summed E-state index contributed by atoms with van der Waals surface area (Å²) in [5, 5.41) is 3.45. The second-order valence-corrected chi connectivity index (χ2v) is 6.48. The van der Waals surface area contributed by atoms with Crippen LogP contribution in [0.25, 0.3) is 0 Å². The van der Waals surface area contributed by atoms with E-state index in [1.807, 2.05) is 6.33 Å². The SMILES string of the molecule is CC(C)CC(C)n1cncc1C1(C)CCNCC1. The molecular weight excluding hydrogens is 222 g/mol. The number of hydrogen-bond acceptors (Lipinski definition) is 2. The Morgan fingerprint density at radius 3 is 2.61 bits per heavy atom.